The minimum atomic E-state index is 0.148. The number of carbonyl (C=O) groups is 1. The molecule has 0 unspecified atom stereocenters. The molecule has 0 saturated carbocycles. The van der Waals surface area contributed by atoms with E-state index in [2.05, 4.69) is 5.32 Å². The third-order valence-corrected chi connectivity index (χ3v) is 3.80. The Morgan fingerprint density at radius 1 is 1.14 bits per heavy atom. The van der Waals surface area contributed by atoms with Crippen LogP contribution >= 0.6 is 0 Å². The van der Waals surface area contributed by atoms with Gasteiger partial charge in [0, 0.05) is 19.2 Å². The molecule has 0 aliphatic carbocycles. The van der Waals surface area contributed by atoms with Crippen LogP contribution in [0.1, 0.15) is 25.7 Å². The van der Waals surface area contributed by atoms with Gasteiger partial charge in [-0.1, -0.05) is 12.8 Å². The van der Waals surface area contributed by atoms with E-state index in [1.54, 1.807) is 20.3 Å². The number of carbonyl (C=O) groups excluding carboxylic acids is 1. The second kappa shape index (κ2) is 7.76. The maximum atomic E-state index is 12.2. The molecule has 1 saturated heterocycles. The second-order valence-electron chi connectivity index (χ2n) is 5.21. The van der Waals surface area contributed by atoms with Crippen molar-refractivity contribution >= 4 is 11.6 Å². The van der Waals surface area contributed by atoms with E-state index in [4.69, 9.17) is 9.47 Å². The molecule has 21 heavy (non-hydrogen) atoms. The number of benzene rings is 1. The van der Waals surface area contributed by atoms with Crippen molar-refractivity contribution in [1.29, 1.82) is 0 Å². The average molecular weight is 292 g/mol. The molecular formula is C16H24N2O3. The van der Waals surface area contributed by atoms with Crippen LogP contribution in [0, 0.1) is 0 Å². The molecule has 5 heteroatoms. The topological polar surface area (TPSA) is 50.8 Å². The van der Waals surface area contributed by atoms with Crippen LogP contribution in [0.15, 0.2) is 18.2 Å². The van der Waals surface area contributed by atoms with Gasteiger partial charge in [-0.25, -0.2) is 0 Å². The van der Waals surface area contributed by atoms with Gasteiger partial charge in [0.05, 0.1) is 26.5 Å². The van der Waals surface area contributed by atoms with Gasteiger partial charge in [0.25, 0.3) is 0 Å². The van der Waals surface area contributed by atoms with Gasteiger partial charge in [0.15, 0.2) is 0 Å². The molecule has 1 fully saturated rings. The zero-order valence-electron chi connectivity index (χ0n) is 12.9. The first-order chi connectivity index (χ1) is 10.2. The molecule has 116 valence electrons. The molecule has 1 amide bonds. The van der Waals surface area contributed by atoms with Gasteiger partial charge in [-0.3, -0.25) is 4.79 Å². The number of methoxy groups -OCH3 is 2. The van der Waals surface area contributed by atoms with E-state index in [0.29, 0.717) is 12.3 Å². The fourth-order valence-electron chi connectivity index (χ4n) is 2.55. The number of nitrogens with one attached hydrogen (secondary N) is 1. The van der Waals surface area contributed by atoms with Crippen molar-refractivity contribution in [2.75, 3.05) is 39.2 Å². The van der Waals surface area contributed by atoms with Crippen LogP contribution in [-0.2, 0) is 4.79 Å². The molecule has 1 aliphatic heterocycles. The lowest BCUT2D eigenvalue weighted by atomic mass is 10.2. The maximum absolute atomic E-state index is 12.2. The number of rotatable bonds is 5. The molecule has 0 atom stereocenters. The molecule has 1 aromatic carbocycles. The van der Waals surface area contributed by atoms with Crippen LogP contribution in [-0.4, -0.2) is 44.7 Å². The molecule has 2 rings (SSSR count). The lowest BCUT2D eigenvalue weighted by Gasteiger charge is -2.21. The number of likely N-dealkylation sites (tertiary alicyclic amines) is 1. The molecule has 1 N–H and O–H groups in total. The largest absolute Gasteiger partial charge is 0.497 e. The van der Waals surface area contributed by atoms with Crippen molar-refractivity contribution in [2.45, 2.75) is 25.7 Å². The Labute approximate surface area is 126 Å². The van der Waals surface area contributed by atoms with Gasteiger partial charge in [-0.15, -0.1) is 0 Å². The summed E-state index contributed by atoms with van der Waals surface area (Å²) in [5.41, 5.74) is 0.807. The van der Waals surface area contributed by atoms with E-state index < -0.39 is 0 Å². The summed E-state index contributed by atoms with van der Waals surface area (Å²) in [5, 5.41) is 3.16. The van der Waals surface area contributed by atoms with Gasteiger partial charge in [0.2, 0.25) is 5.91 Å². The van der Waals surface area contributed by atoms with E-state index in [1.807, 2.05) is 17.0 Å². The highest BCUT2D eigenvalue weighted by atomic mass is 16.5. The first-order valence-electron chi connectivity index (χ1n) is 7.48. The molecule has 0 spiro atoms. The van der Waals surface area contributed by atoms with Gasteiger partial charge < -0.3 is 19.7 Å². The molecule has 1 aliphatic rings. The van der Waals surface area contributed by atoms with Gasteiger partial charge in [0.1, 0.15) is 11.5 Å². The van der Waals surface area contributed by atoms with E-state index in [0.717, 1.165) is 37.4 Å². The zero-order valence-corrected chi connectivity index (χ0v) is 12.9. The minimum Gasteiger partial charge on any atom is -0.497 e. The Kier molecular flexibility index (Phi) is 5.72. The third kappa shape index (κ3) is 4.28. The van der Waals surface area contributed by atoms with Gasteiger partial charge in [-0.2, -0.15) is 0 Å². The molecule has 5 nitrogen and oxygen atoms in total. The number of ether oxygens (including phenoxy) is 2. The first kappa shape index (κ1) is 15.5. The summed E-state index contributed by atoms with van der Waals surface area (Å²) in [6.07, 6.45) is 4.67. The maximum Gasteiger partial charge on any atom is 0.241 e. The molecule has 0 aromatic heterocycles. The lowest BCUT2D eigenvalue weighted by Crippen LogP contribution is -2.36. The predicted octanol–water partition coefficient (Wildman–Crippen LogP) is 2.52. The van der Waals surface area contributed by atoms with E-state index in [-0.39, 0.29) is 5.91 Å². The van der Waals surface area contributed by atoms with Crippen molar-refractivity contribution in [3.8, 4) is 11.5 Å². The van der Waals surface area contributed by atoms with Crippen LogP contribution < -0.4 is 14.8 Å². The average Bonchev–Trinajstić information content (AvgIpc) is 2.81. The first-order valence-corrected chi connectivity index (χ1v) is 7.48. The summed E-state index contributed by atoms with van der Waals surface area (Å²) in [7, 11) is 3.22. The fourth-order valence-corrected chi connectivity index (χ4v) is 2.55. The summed E-state index contributed by atoms with van der Waals surface area (Å²) < 4.78 is 10.5. The Hall–Kier alpha value is -1.91. The van der Waals surface area contributed by atoms with Crippen molar-refractivity contribution in [3.63, 3.8) is 0 Å². The highest BCUT2D eigenvalue weighted by Gasteiger charge is 2.15. The summed E-state index contributed by atoms with van der Waals surface area (Å²) in [6, 6.07) is 5.52. The highest BCUT2D eigenvalue weighted by Crippen LogP contribution is 2.28. The lowest BCUT2D eigenvalue weighted by molar-refractivity contribution is -0.129. The predicted molar refractivity (Wildman–Crippen MR) is 83.1 cm³/mol. The van der Waals surface area contributed by atoms with Crippen molar-refractivity contribution in [1.82, 2.24) is 4.90 Å². The van der Waals surface area contributed by atoms with Crippen molar-refractivity contribution < 1.29 is 14.3 Å². The van der Waals surface area contributed by atoms with Crippen LogP contribution in [0.4, 0.5) is 5.69 Å². The Balaban J connectivity index is 1.94. The standard InChI is InChI=1S/C16H24N2O3/c1-20-13-7-8-14(15(11-13)21-2)17-12-16(19)18-9-5-3-4-6-10-18/h7-8,11,17H,3-6,9-10,12H2,1-2H3. The SMILES string of the molecule is COc1ccc(NCC(=O)N2CCCCCC2)c(OC)c1. The number of amides is 1. The smallest absolute Gasteiger partial charge is 0.241 e. The summed E-state index contributed by atoms with van der Waals surface area (Å²) in [6.45, 7) is 2.04. The van der Waals surface area contributed by atoms with Crippen LogP contribution in [0.25, 0.3) is 0 Å². The van der Waals surface area contributed by atoms with Crippen LogP contribution in [0.2, 0.25) is 0 Å². The summed E-state index contributed by atoms with van der Waals surface area (Å²) in [5.74, 6) is 1.56. The summed E-state index contributed by atoms with van der Waals surface area (Å²) in [4.78, 5) is 14.2. The van der Waals surface area contributed by atoms with Gasteiger partial charge >= 0.3 is 0 Å². The monoisotopic (exact) mass is 292 g/mol. The molecule has 1 heterocycles. The Morgan fingerprint density at radius 3 is 2.48 bits per heavy atom. The van der Waals surface area contributed by atoms with Crippen LogP contribution in [0.3, 0.4) is 0 Å². The van der Waals surface area contributed by atoms with Crippen molar-refractivity contribution in [3.05, 3.63) is 18.2 Å². The number of anilines is 1. The number of hydrogen-bond donors (Lipinski definition) is 1. The number of hydrogen-bond acceptors (Lipinski definition) is 4. The minimum absolute atomic E-state index is 0.148. The quantitative estimate of drug-likeness (QED) is 0.906. The van der Waals surface area contributed by atoms with Gasteiger partial charge in [-0.05, 0) is 25.0 Å². The third-order valence-electron chi connectivity index (χ3n) is 3.80. The fraction of sp³-hybridized carbons (Fsp3) is 0.562. The summed E-state index contributed by atoms with van der Waals surface area (Å²) >= 11 is 0. The molecule has 1 aromatic rings. The zero-order chi connectivity index (χ0) is 15.1. The second-order valence-corrected chi connectivity index (χ2v) is 5.21. The highest BCUT2D eigenvalue weighted by molar-refractivity contribution is 5.81. The van der Waals surface area contributed by atoms with E-state index in [1.165, 1.54) is 12.8 Å². The molecular weight excluding hydrogens is 268 g/mol. The van der Waals surface area contributed by atoms with Crippen LogP contribution in [0.5, 0.6) is 11.5 Å². The Morgan fingerprint density at radius 2 is 1.86 bits per heavy atom. The Bertz CT molecular complexity index is 469. The molecule has 0 radical (unpaired) electrons. The molecule has 0 bridgehead atoms. The van der Waals surface area contributed by atoms with E-state index >= 15 is 0 Å². The normalized spacial score (nSPS) is 15.2. The van der Waals surface area contributed by atoms with E-state index in [9.17, 15) is 4.79 Å². The van der Waals surface area contributed by atoms with Crippen molar-refractivity contribution in [2.24, 2.45) is 0 Å². The number of nitrogens with zero attached hydrogens (tertiary/aromatic N) is 1.